The molecule has 1 aromatic carbocycles. The summed E-state index contributed by atoms with van der Waals surface area (Å²) in [6.45, 7) is 8.44. The molecule has 4 heteroatoms. The largest absolute Gasteiger partial charge is 0.490 e. The van der Waals surface area contributed by atoms with Gasteiger partial charge in [-0.05, 0) is 39.8 Å². The molecule has 0 spiro atoms. The molecule has 0 bridgehead atoms. The highest BCUT2D eigenvalue weighted by atomic mass is 19.1. The van der Waals surface area contributed by atoms with Crippen LogP contribution in [0.15, 0.2) is 18.2 Å². The molecule has 0 aliphatic carbocycles. The van der Waals surface area contributed by atoms with Gasteiger partial charge in [-0.15, -0.1) is 0 Å². The van der Waals surface area contributed by atoms with Crippen LogP contribution in [0.25, 0.3) is 0 Å². The highest BCUT2D eigenvalue weighted by Crippen LogP contribution is 2.27. The van der Waals surface area contributed by atoms with Crippen LogP contribution in [0.4, 0.5) is 4.39 Å². The molecule has 0 radical (unpaired) electrons. The van der Waals surface area contributed by atoms with Gasteiger partial charge in [-0.2, -0.15) is 0 Å². The second kappa shape index (κ2) is 6.87. The molecule has 0 fully saturated rings. The molecule has 19 heavy (non-hydrogen) atoms. The van der Waals surface area contributed by atoms with Gasteiger partial charge in [0.05, 0.1) is 5.60 Å². The first-order valence-corrected chi connectivity index (χ1v) is 6.71. The normalized spacial score (nSPS) is 13.4. The average molecular weight is 269 g/mol. The first-order chi connectivity index (χ1) is 8.83. The summed E-state index contributed by atoms with van der Waals surface area (Å²) in [6, 6.07) is 4.60. The van der Waals surface area contributed by atoms with Crippen LogP contribution in [0.5, 0.6) is 5.75 Å². The number of benzene rings is 1. The van der Waals surface area contributed by atoms with E-state index in [4.69, 9.17) is 4.74 Å². The lowest BCUT2D eigenvalue weighted by Crippen LogP contribution is -2.28. The Hall–Kier alpha value is -1.13. The van der Waals surface area contributed by atoms with Crippen molar-refractivity contribution in [2.45, 2.75) is 45.8 Å². The molecule has 1 rings (SSSR count). The van der Waals surface area contributed by atoms with E-state index in [1.165, 1.54) is 12.1 Å². The van der Waals surface area contributed by atoms with E-state index in [0.29, 0.717) is 5.75 Å². The molecule has 1 aromatic rings. The lowest BCUT2D eigenvalue weighted by Gasteiger charge is -2.22. The zero-order valence-electron chi connectivity index (χ0n) is 12.2. The topological polar surface area (TPSA) is 41.5 Å². The predicted molar refractivity (Wildman–Crippen MR) is 74.9 cm³/mol. The van der Waals surface area contributed by atoms with Crippen molar-refractivity contribution in [3.8, 4) is 5.75 Å². The predicted octanol–water partition coefficient (Wildman–Crippen LogP) is 3.04. The summed E-state index contributed by atoms with van der Waals surface area (Å²) in [6.07, 6.45) is 1.03. The number of ether oxygens (including phenoxy) is 1. The van der Waals surface area contributed by atoms with Gasteiger partial charge >= 0.3 is 0 Å². The highest BCUT2D eigenvalue weighted by molar-refractivity contribution is 5.36. The van der Waals surface area contributed by atoms with Crippen LogP contribution in [0, 0.1) is 5.82 Å². The van der Waals surface area contributed by atoms with Crippen molar-refractivity contribution in [2.75, 3.05) is 13.2 Å². The molecule has 0 aliphatic heterocycles. The molecular weight excluding hydrogens is 245 g/mol. The fraction of sp³-hybridized carbons (Fsp3) is 0.600. The van der Waals surface area contributed by atoms with Crippen molar-refractivity contribution in [2.24, 2.45) is 0 Å². The number of hydrogen-bond donors (Lipinski definition) is 2. The minimum Gasteiger partial charge on any atom is -0.490 e. The van der Waals surface area contributed by atoms with E-state index in [1.807, 2.05) is 6.92 Å². The Morgan fingerprint density at radius 3 is 2.68 bits per heavy atom. The first-order valence-electron chi connectivity index (χ1n) is 6.71. The summed E-state index contributed by atoms with van der Waals surface area (Å²) in [5.74, 6) is 0.149. The maximum Gasteiger partial charge on any atom is 0.127 e. The quantitative estimate of drug-likeness (QED) is 0.799. The molecule has 0 saturated heterocycles. The van der Waals surface area contributed by atoms with Gasteiger partial charge < -0.3 is 15.2 Å². The van der Waals surface area contributed by atoms with Crippen molar-refractivity contribution in [1.82, 2.24) is 5.32 Å². The molecule has 0 aromatic heterocycles. The Kier molecular flexibility index (Phi) is 5.76. The van der Waals surface area contributed by atoms with Crippen molar-refractivity contribution in [3.05, 3.63) is 29.6 Å². The van der Waals surface area contributed by atoms with Crippen molar-refractivity contribution >= 4 is 0 Å². The highest BCUT2D eigenvalue weighted by Gasteiger charge is 2.17. The third-order valence-electron chi connectivity index (χ3n) is 2.72. The summed E-state index contributed by atoms with van der Waals surface area (Å²) < 4.78 is 18.9. The monoisotopic (exact) mass is 269 g/mol. The number of hydrogen-bond acceptors (Lipinski definition) is 3. The Morgan fingerprint density at radius 2 is 2.11 bits per heavy atom. The number of halogens is 1. The lowest BCUT2D eigenvalue weighted by molar-refractivity contribution is 0.0279. The lowest BCUT2D eigenvalue weighted by atomic mass is 10.1. The van der Waals surface area contributed by atoms with Gasteiger partial charge in [-0.25, -0.2) is 4.39 Å². The number of aliphatic hydroxyl groups is 1. The van der Waals surface area contributed by atoms with Gasteiger partial charge in [0.15, 0.2) is 0 Å². The van der Waals surface area contributed by atoms with Crippen LogP contribution in [0.1, 0.15) is 45.7 Å². The molecular formula is C15H24FNO2. The molecule has 3 nitrogen and oxygen atoms in total. The van der Waals surface area contributed by atoms with E-state index >= 15 is 0 Å². The number of rotatable bonds is 7. The second-order valence-electron chi connectivity index (χ2n) is 5.46. The van der Waals surface area contributed by atoms with E-state index in [2.05, 4.69) is 12.2 Å². The van der Waals surface area contributed by atoms with Crippen molar-refractivity contribution < 1.29 is 14.2 Å². The summed E-state index contributed by atoms with van der Waals surface area (Å²) in [4.78, 5) is 0. The standard InChI is InChI=1S/C15H24FNO2/c1-5-8-17-11(2)13-7-6-12(16)9-14(13)19-10-15(3,4)18/h6-7,9,11,17-18H,5,8,10H2,1-4H3. The Labute approximate surface area is 114 Å². The molecule has 0 aliphatic rings. The van der Waals surface area contributed by atoms with Gasteiger partial charge in [0, 0.05) is 17.7 Å². The van der Waals surface area contributed by atoms with Gasteiger partial charge in [-0.3, -0.25) is 0 Å². The van der Waals surface area contributed by atoms with Crippen LogP contribution in [0.2, 0.25) is 0 Å². The van der Waals surface area contributed by atoms with E-state index in [-0.39, 0.29) is 18.5 Å². The van der Waals surface area contributed by atoms with E-state index in [9.17, 15) is 9.50 Å². The summed E-state index contributed by atoms with van der Waals surface area (Å²) in [5.41, 5.74) is -0.0389. The van der Waals surface area contributed by atoms with Gasteiger partial charge in [0.1, 0.15) is 18.2 Å². The second-order valence-corrected chi connectivity index (χ2v) is 5.46. The Morgan fingerprint density at radius 1 is 1.42 bits per heavy atom. The molecule has 1 atom stereocenters. The minimum atomic E-state index is -0.941. The van der Waals surface area contributed by atoms with Crippen LogP contribution in [0.3, 0.4) is 0 Å². The average Bonchev–Trinajstić information content (AvgIpc) is 2.32. The summed E-state index contributed by atoms with van der Waals surface area (Å²) >= 11 is 0. The van der Waals surface area contributed by atoms with E-state index < -0.39 is 5.60 Å². The molecule has 0 amide bonds. The molecule has 0 heterocycles. The molecule has 108 valence electrons. The first kappa shape index (κ1) is 15.9. The van der Waals surface area contributed by atoms with Crippen LogP contribution < -0.4 is 10.1 Å². The maximum absolute atomic E-state index is 13.3. The zero-order valence-corrected chi connectivity index (χ0v) is 12.2. The smallest absolute Gasteiger partial charge is 0.127 e. The maximum atomic E-state index is 13.3. The fourth-order valence-electron chi connectivity index (χ4n) is 1.72. The third kappa shape index (κ3) is 5.57. The van der Waals surface area contributed by atoms with Gasteiger partial charge in [0.25, 0.3) is 0 Å². The Balaban J connectivity index is 2.85. The summed E-state index contributed by atoms with van der Waals surface area (Å²) in [5, 5.41) is 13.0. The molecule has 2 N–H and O–H groups in total. The van der Waals surface area contributed by atoms with E-state index in [0.717, 1.165) is 18.5 Å². The SMILES string of the molecule is CCCNC(C)c1ccc(F)cc1OCC(C)(C)O. The van der Waals surface area contributed by atoms with E-state index in [1.54, 1.807) is 19.9 Å². The van der Waals surface area contributed by atoms with Gasteiger partial charge in [0.2, 0.25) is 0 Å². The van der Waals surface area contributed by atoms with Crippen LogP contribution in [-0.4, -0.2) is 23.9 Å². The van der Waals surface area contributed by atoms with Crippen molar-refractivity contribution in [1.29, 1.82) is 0 Å². The Bertz CT molecular complexity index is 402. The third-order valence-corrected chi connectivity index (χ3v) is 2.72. The molecule has 0 saturated carbocycles. The fourth-order valence-corrected chi connectivity index (χ4v) is 1.72. The van der Waals surface area contributed by atoms with Crippen LogP contribution >= 0.6 is 0 Å². The van der Waals surface area contributed by atoms with Crippen molar-refractivity contribution in [3.63, 3.8) is 0 Å². The zero-order chi connectivity index (χ0) is 14.5. The summed E-state index contributed by atoms with van der Waals surface area (Å²) in [7, 11) is 0. The minimum absolute atomic E-state index is 0.0809. The van der Waals surface area contributed by atoms with Gasteiger partial charge in [-0.1, -0.05) is 13.0 Å². The number of nitrogens with one attached hydrogen (secondary N) is 1. The van der Waals surface area contributed by atoms with Crippen LogP contribution in [-0.2, 0) is 0 Å². The molecule has 1 unspecified atom stereocenters.